The van der Waals surface area contributed by atoms with Crippen molar-refractivity contribution in [1.29, 1.82) is 0 Å². The van der Waals surface area contributed by atoms with Crippen LogP contribution in [0.4, 0.5) is 0 Å². The Morgan fingerprint density at radius 1 is 1.14 bits per heavy atom. The second-order valence-electron chi connectivity index (χ2n) is 8.29. The first-order valence-corrected chi connectivity index (χ1v) is 11.8. The fraction of sp³-hybridized carbons (Fsp3) is 0.762. The number of nitrogens with zero attached hydrogens (tertiary/aromatic N) is 5. The van der Waals surface area contributed by atoms with Crippen molar-refractivity contribution in [2.75, 3.05) is 52.9 Å². The van der Waals surface area contributed by atoms with E-state index in [0.717, 1.165) is 76.7 Å². The Morgan fingerprint density at radius 3 is 2.41 bits per heavy atom. The van der Waals surface area contributed by atoms with Crippen LogP contribution in [0.3, 0.4) is 0 Å². The average Bonchev–Trinajstić information content (AvgIpc) is 3.42. The summed E-state index contributed by atoms with van der Waals surface area (Å²) in [6, 6.07) is -0.0231. The van der Waals surface area contributed by atoms with E-state index in [-0.39, 0.29) is 6.04 Å². The van der Waals surface area contributed by atoms with Crippen molar-refractivity contribution in [2.24, 2.45) is 4.99 Å². The van der Waals surface area contributed by atoms with E-state index in [1.165, 1.54) is 5.01 Å². The van der Waals surface area contributed by atoms with Gasteiger partial charge in [-0.3, -0.25) is 14.7 Å². The lowest BCUT2D eigenvalue weighted by atomic mass is 10.2. The summed E-state index contributed by atoms with van der Waals surface area (Å²) in [5.41, 5.74) is 1.15. The normalized spacial score (nSPS) is 19.8. The molecule has 2 aliphatic rings. The Kier molecular flexibility index (Phi) is 7.89. The summed E-state index contributed by atoms with van der Waals surface area (Å²) in [6.45, 7) is 12.7. The number of carbonyl (C=O) groups is 1. The number of likely N-dealkylation sites (tertiary alicyclic amines) is 1. The number of thiazole rings is 1. The molecule has 0 spiro atoms. The Hall–Kier alpha value is -1.67. The lowest BCUT2D eigenvalue weighted by molar-refractivity contribution is -0.135. The summed E-state index contributed by atoms with van der Waals surface area (Å²) in [7, 11) is 1.84. The van der Waals surface area contributed by atoms with E-state index in [1.54, 1.807) is 11.3 Å². The molecule has 162 valence electrons. The van der Waals surface area contributed by atoms with Crippen LogP contribution in [0.1, 0.15) is 50.2 Å². The van der Waals surface area contributed by atoms with Gasteiger partial charge < -0.3 is 15.1 Å². The third-order valence-electron chi connectivity index (χ3n) is 5.88. The van der Waals surface area contributed by atoms with Crippen LogP contribution in [0.5, 0.6) is 0 Å². The van der Waals surface area contributed by atoms with Gasteiger partial charge in [0.1, 0.15) is 0 Å². The van der Waals surface area contributed by atoms with Crippen LogP contribution in [0.2, 0.25) is 0 Å². The number of piperazine rings is 1. The zero-order valence-electron chi connectivity index (χ0n) is 18.4. The number of amides is 1. The van der Waals surface area contributed by atoms with E-state index >= 15 is 0 Å². The summed E-state index contributed by atoms with van der Waals surface area (Å²) in [5.74, 6) is 1.73. The van der Waals surface area contributed by atoms with Gasteiger partial charge >= 0.3 is 0 Å². The molecule has 0 radical (unpaired) electrons. The van der Waals surface area contributed by atoms with Crippen molar-refractivity contribution in [2.45, 2.75) is 52.0 Å². The molecular formula is C21H36N6OS. The van der Waals surface area contributed by atoms with Gasteiger partial charge in [-0.2, -0.15) is 0 Å². The van der Waals surface area contributed by atoms with Gasteiger partial charge in [-0.05, 0) is 19.8 Å². The van der Waals surface area contributed by atoms with Crippen LogP contribution in [0.25, 0.3) is 0 Å². The van der Waals surface area contributed by atoms with Crippen molar-refractivity contribution in [1.82, 2.24) is 25.0 Å². The van der Waals surface area contributed by atoms with E-state index < -0.39 is 0 Å². The van der Waals surface area contributed by atoms with Gasteiger partial charge in [0, 0.05) is 70.6 Å². The first-order chi connectivity index (χ1) is 14.0. The van der Waals surface area contributed by atoms with Crippen molar-refractivity contribution in [3.63, 3.8) is 0 Å². The Balaban J connectivity index is 1.42. The van der Waals surface area contributed by atoms with E-state index in [4.69, 9.17) is 4.98 Å². The van der Waals surface area contributed by atoms with E-state index in [9.17, 15) is 4.79 Å². The second kappa shape index (κ2) is 10.4. The third kappa shape index (κ3) is 5.69. The third-order valence-corrected chi connectivity index (χ3v) is 7.07. The van der Waals surface area contributed by atoms with Crippen LogP contribution in [-0.4, -0.2) is 90.5 Å². The molecule has 29 heavy (non-hydrogen) atoms. The maximum atomic E-state index is 12.7. The zero-order valence-corrected chi connectivity index (χ0v) is 19.2. The minimum absolute atomic E-state index is 0.0231. The highest BCUT2D eigenvalue weighted by Crippen LogP contribution is 2.19. The number of hydrogen-bond donors (Lipinski definition) is 1. The maximum Gasteiger partial charge on any atom is 0.239 e. The number of guanidine groups is 1. The fourth-order valence-electron chi connectivity index (χ4n) is 4.02. The highest BCUT2D eigenvalue weighted by atomic mass is 32.1. The Labute approximate surface area is 179 Å². The summed E-state index contributed by atoms with van der Waals surface area (Å²) in [5, 5.41) is 6.86. The number of aromatic nitrogens is 1. The van der Waals surface area contributed by atoms with Crippen LogP contribution >= 0.6 is 11.3 Å². The van der Waals surface area contributed by atoms with Gasteiger partial charge in [-0.1, -0.05) is 13.8 Å². The first kappa shape index (κ1) is 22.0. The molecule has 0 aliphatic carbocycles. The Bertz CT molecular complexity index is 689. The molecule has 1 atom stereocenters. The van der Waals surface area contributed by atoms with Gasteiger partial charge in [-0.25, -0.2) is 4.98 Å². The lowest BCUT2D eigenvalue weighted by Gasteiger charge is -2.39. The van der Waals surface area contributed by atoms with Crippen molar-refractivity contribution < 1.29 is 4.79 Å². The number of hydrogen-bond acceptors (Lipinski definition) is 5. The van der Waals surface area contributed by atoms with Crippen molar-refractivity contribution >= 4 is 23.2 Å². The van der Waals surface area contributed by atoms with Gasteiger partial charge in [0.05, 0.1) is 16.7 Å². The predicted molar refractivity (Wildman–Crippen MR) is 120 cm³/mol. The molecule has 0 saturated carbocycles. The van der Waals surface area contributed by atoms with Crippen LogP contribution in [0, 0.1) is 0 Å². The van der Waals surface area contributed by atoms with Gasteiger partial charge in [0.2, 0.25) is 5.91 Å². The molecular weight excluding hydrogens is 384 g/mol. The van der Waals surface area contributed by atoms with Crippen molar-refractivity contribution in [3.05, 3.63) is 16.1 Å². The number of aliphatic imine (C=N–C) groups is 1. The summed E-state index contributed by atoms with van der Waals surface area (Å²) in [6.07, 6.45) is 3.20. The molecule has 2 saturated heterocycles. The highest BCUT2D eigenvalue weighted by Gasteiger charge is 2.30. The monoisotopic (exact) mass is 420 g/mol. The molecule has 1 unspecified atom stereocenters. The smallest absolute Gasteiger partial charge is 0.239 e. The SMILES string of the molecule is CN=C(NCCc1csc(C(C)C)n1)N1CCN(C(C)C(=O)N2CCCC2)CC1. The largest absolute Gasteiger partial charge is 0.356 e. The minimum atomic E-state index is -0.0231. The van der Waals surface area contributed by atoms with E-state index in [1.807, 2.05) is 11.9 Å². The van der Waals surface area contributed by atoms with Gasteiger partial charge in [-0.15, -0.1) is 11.3 Å². The minimum Gasteiger partial charge on any atom is -0.356 e. The van der Waals surface area contributed by atoms with Gasteiger partial charge in [0.25, 0.3) is 0 Å². The molecule has 0 bridgehead atoms. The molecule has 3 rings (SSSR count). The molecule has 8 heteroatoms. The molecule has 1 aromatic heterocycles. The fourth-order valence-corrected chi connectivity index (χ4v) is 4.89. The first-order valence-electron chi connectivity index (χ1n) is 10.9. The molecule has 1 aromatic rings. The molecule has 0 aromatic carbocycles. The second-order valence-corrected chi connectivity index (χ2v) is 9.18. The molecule has 1 amide bonds. The molecule has 3 heterocycles. The standard InChI is InChI=1S/C21H36N6OS/c1-16(2)19-24-18(15-29-19)7-8-23-21(22-4)27-13-11-25(12-14-27)17(3)20(28)26-9-5-6-10-26/h15-17H,5-14H2,1-4H3,(H,22,23). The van der Waals surface area contributed by atoms with Crippen LogP contribution < -0.4 is 5.32 Å². The summed E-state index contributed by atoms with van der Waals surface area (Å²) < 4.78 is 0. The zero-order chi connectivity index (χ0) is 20.8. The number of rotatable bonds is 6. The lowest BCUT2D eigenvalue weighted by Crippen LogP contribution is -2.57. The van der Waals surface area contributed by atoms with Crippen LogP contribution in [0.15, 0.2) is 10.4 Å². The van der Waals surface area contributed by atoms with E-state index in [0.29, 0.717) is 11.8 Å². The van der Waals surface area contributed by atoms with Crippen molar-refractivity contribution in [3.8, 4) is 0 Å². The molecule has 1 N–H and O–H groups in total. The molecule has 2 fully saturated rings. The molecule has 7 nitrogen and oxygen atoms in total. The average molecular weight is 421 g/mol. The maximum absolute atomic E-state index is 12.7. The number of nitrogens with one attached hydrogen (secondary N) is 1. The quantitative estimate of drug-likeness (QED) is 0.563. The molecule has 2 aliphatic heterocycles. The van der Waals surface area contributed by atoms with Gasteiger partial charge in [0.15, 0.2) is 5.96 Å². The van der Waals surface area contributed by atoms with E-state index in [2.05, 4.69) is 46.3 Å². The summed E-state index contributed by atoms with van der Waals surface area (Å²) in [4.78, 5) is 28.5. The highest BCUT2D eigenvalue weighted by molar-refractivity contribution is 7.09. The Morgan fingerprint density at radius 2 is 1.83 bits per heavy atom. The number of carbonyl (C=O) groups excluding carboxylic acids is 1. The summed E-state index contributed by atoms with van der Waals surface area (Å²) >= 11 is 1.75. The van der Waals surface area contributed by atoms with Crippen LogP contribution in [-0.2, 0) is 11.2 Å². The predicted octanol–water partition coefficient (Wildman–Crippen LogP) is 2.01. The topological polar surface area (TPSA) is 64.1 Å².